The average Bonchev–Trinajstić information content (AvgIpc) is 2.44. The Morgan fingerprint density at radius 1 is 1.30 bits per heavy atom. The van der Waals surface area contributed by atoms with Crippen LogP contribution in [0.5, 0.6) is 0 Å². The van der Waals surface area contributed by atoms with E-state index in [1.165, 1.54) is 11.0 Å². The van der Waals surface area contributed by atoms with Crippen LogP contribution in [0, 0.1) is 0 Å². The van der Waals surface area contributed by atoms with E-state index in [2.05, 4.69) is 0 Å². The maximum absolute atomic E-state index is 11.8. The molecule has 0 aromatic heterocycles. The highest BCUT2D eigenvalue weighted by atomic mass is 35.5. The van der Waals surface area contributed by atoms with Crippen LogP contribution in [0.1, 0.15) is 18.9 Å². The zero-order valence-corrected chi connectivity index (χ0v) is 12.4. The van der Waals surface area contributed by atoms with E-state index < -0.39 is 0 Å². The van der Waals surface area contributed by atoms with Gasteiger partial charge in [-0.25, -0.2) is 0 Å². The summed E-state index contributed by atoms with van der Waals surface area (Å²) in [6, 6.07) is 7.17. The van der Waals surface area contributed by atoms with Crippen LogP contribution in [-0.2, 0) is 14.3 Å². The molecule has 0 heterocycles. The Hall–Kier alpha value is -1.81. The molecule has 0 atom stereocenters. The van der Waals surface area contributed by atoms with E-state index in [1.54, 1.807) is 32.2 Å². The van der Waals surface area contributed by atoms with Crippen molar-refractivity contribution in [2.75, 3.05) is 20.2 Å². The standard InChI is InChI=1S/C15H18ClNO3/c1-3-20-15(19)10-11-17(2)14(18)9-6-12-4-7-13(16)8-5-12/h4-9H,3,10-11H2,1-2H3/b9-6+. The van der Waals surface area contributed by atoms with Gasteiger partial charge in [0.25, 0.3) is 0 Å². The van der Waals surface area contributed by atoms with Gasteiger partial charge in [0.2, 0.25) is 5.91 Å². The molecule has 0 bridgehead atoms. The molecular weight excluding hydrogens is 278 g/mol. The molecule has 1 aromatic rings. The summed E-state index contributed by atoms with van der Waals surface area (Å²) >= 11 is 5.78. The van der Waals surface area contributed by atoms with Crippen molar-refractivity contribution in [1.82, 2.24) is 4.90 Å². The number of amides is 1. The topological polar surface area (TPSA) is 46.6 Å². The lowest BCUT2D eigenvalue weighted by Crippen LogP contribution is -2.27. The number of hydrogen-bond acceptors (Lipinski definition) is 3. The number of nitrogens with zero attached hydrogens (tertiary/aromatic N) is 1. The Balaban J connectivity index is 2.45. The van der Waals surface area contributed by atoms with Crippen molar-refractivity contribution in [2.24, 2.45) is 0 Å². The summed E-state index contributed by atoms with van der Waals surface area (Å²) in [5.74, 6) is -0.460. The van der Waals surface area contributed by atoms with Gasteiger partial charge in [-0.2, -0.15) is 0 Å². The Morgan fingerprint density at radius 3 is 2.55 bits per heavy atom. The van der Waals surface area contributed by atoms with E-state index in [0.717, 1.165) is 5.56 Å². The second-order valence-corrected chi connectivity index (χ2v) is 4.64. The van der Waals surface area contributed by atoms with Gasteiger partial charge in [0, 0.05) is 24.7 Å². The fourth-order valence-electron chi connectivity index (χ4n) is 1.47. The zero-order chi connectivity index (χ0) is 15.0. The summed E-state index contributed by atoms with van der Waals surface area (Å²) in [6.45, 7) is 2.44. The Bertz CT molecular complexity index is 482. The minimum atomic E-state index is -0.297. The van der Waals surface area contributed by atoms with Gasteiger partial charge in [-0.15, -0.1) is 0 Å². The fraction of sp³-hybridized carbons (Fsp3) is 0.333. The van der Waals surface area contributed by atoms with Crippen molar-refractivity contribution in [3.8, 4) is 0 Å². The maximum atomic E-state index is 11.8. The van der Waals surface area contributed by atoms with E-state index in [-0.39, 0.29) is 18.3 Å². The molecule has 0 radical (unpaired) electrons. The van der Waals surface area contributed by atoms with E-state index in [0.29, 0.717) is 18.2 Å². The maximum Gasteiger partial charge on any atom is 0.307 e. The van der Waals surface area contributed by atoms with E-state index in [1.807, 2.05) is 12.1 Å². The van der Waals surface area contributed by atoms with Crippen molar-refractivity contribution in [3.05, 3.63) is 40.9 Å². The van der Waals surface area contributed by atoms with Crippen molar-refractivity contribution >= 4 is 29.6 Å². The predicted octanol–water partition coefficient (Wildman–Crippen LogP) is 2.76. The molecule has 0 spiro atoms. The number of hydrogen-bond donors (Lipinski definition) is 0. The van der Waals surface area contributed by atoms with Crippen LogP contribution in [0.4, 0.5) is 0 Å². The summed E-state index contributed by atoms with van der Waals surface area (Å²) in [7, 11) is 1.65. The Kier molecular flexibility index (Phi) is 6.81. The molecule has 1 rings (SSSR count). The molecule has 0 N–H and O–H groups in total. The number of benzene rings is 1. The number of halogens is 1. The SMILES string of the molecule is CCOC(=O)CCN(C)C(=O)/C=C/c1ccc(Cl)cc1. The number of carbonyl (C=O) groups excluding carboxylic acids is 2. The van der Waals surface area contributed by atoms with Crippen LogP contribution < -0.4 is 0 Å². The minimum Gasteiger partial charge on any atom is -0.466 e. The molecule has 0 aliphatic rings. The van der Waals surface area contributed by atoms with Crippen LogP contribution >= 0.6 is 11.6 Å². The van der Waals surface area contributed by atoms with Crippen molar-refractivity contribution < 1.29 is 14.3 Å². The summed E-state index contributed by atoms with van der Waals surface area (Å²) in [5.41, 5.74) is 0.890. The first kappa shape index (κ1) is 16.2. The highest BCUT2D eigenvalue weighted by molar-refractivity contribution is 6.30. The van der Waals surface area contributed by atoms with Crippen LogP contribution in [0.3, 0.4) is 0 Å². The number of ether oxygens (including phenoxy) is 1. The molecule has 0 fully saturated rings. The minimum absolute atomic E-state index is 0.163. The molecule has 0 unspecified atom stereocenters. The summed E-state index contributed by atoms with van der Waals surface area (Å²) in [6.07, 6.45) is 3.37. The lowest BCUT2D eigenvalue weighted by atomic mass is 10.2. The predicted molar refractivity (Wildman–Crippen MR) is 79.4 cm³/mol. The second-order valence-electron chi connectivity index (χ2n) is 4.20. The fourth-order valence-corrected chi connectivity index (χ4v) is 1.60. The van der Waals surface area contributed by atoms with Crippen molar-refractivity contribution in [1.29, 1.82) is 0 Å². The largest absolute Gasteiger partial charge is 0.466 e. The molecule has 0 saturated carbocycles. The first-order chi connectivity index (χ1) is 9.52. The number of rotatable bonds is 6. The highest BCUT2D eigenvalue weighted by Gasteiger charge is 2.08. The Morgan fingerprint density at radius 2 is 1.95 bits per heavy atom. The Labute approximate surface area is 124 Å². The summed E-state index contributed by atoms with van der Waals surface area (Å²) in [4.78, 5) is 24.5. The molecule has 0 aliphatic heterocycles. The van der Waals surface area contributed by atoms with Crippen LogP contribution in [-0.4, -0.2) is 37.0 Å². The summed E-state index contributed by atoms with van der Waals surface area (Å²) < 4.78 is 4.81. The average molecular weight is 296 g/mol. The first-order valence-corrected chi connectivity index (χ1v) is 6.75. The number of carbonyl (C=O) groups is 2. The van der Waals surface area contributed by atoms with E-state index >= 15 is 0 Å². The molecule has 1 amide bonds. The molecular formula is C15H18ClNO3. The van der Waals surface area contributed by atoms with E-state index in [4.69, 9.17) is 16.3 Å². The number of likely N-dealkylation sites (N-methyl/N-ethyl adjacent to an activating group) is 1. The van der Waals surface area contributed by atoms with Gasteiger partial charge in [0.1, 0.15) is 0 Å². The van der Waals surface area contributed by atoms with Gasteiger partial charge in [-0.1, -0.05) is 23.7 Å². The van der Waals surface area contributed by atoms with Gasteiger partial charge in [-0.3, -0.25) is 9.59 Å². The molecule has 0 saturated heterocycles. The highest BCUT2D eigenvalue weighted by Crippen LogP contribution is 2.10. The van der Waals surface area contributed by atoms with Gasteiger partial charge >= 0.3 is 5.97 Å². The molecule has 4 nitrogen and oxygen atoms in total. The van der Waals surface area contributed by atoms with Gasteiger partial charge < -0.3 is 9.64 Å². The second kappa shape index (κ2) is 8.38. The molecule has 1 aromatic carbocycles. The zero-order valence-electron chi connectivity index (χ0n) is 11.6. The smallest absolute Gasteiger partial charge is 0.307 e. The molecule has 20 heavy (non-hydrogen) atoms. The van der Waals surface area contributed by atoms with Crippen LogP contribution in [0.25, 0.3) is 6.08 Å². The lowest BCUT2D eigenvalue weighted by Gasteiger charge is -2.14. The van der Waals surface area contributed by atoms with Crippen LogP contribution in [0.15, 0.2) is 30.3 Å². The van der Waals surface area contributed by atoms with Crippen LogP contribution in [0.2, 0.25) is 5.02 Å². The normalized spacial score (nSPS) is 10.6. The monoisotopic (exact) mass is 295 g/mol. The van der Waals surface area contributed by atoms with Crippen molar-refractivity contribution in [3.63, 3.8) is 0 Å². The third-order valence-electron chi connectivity index (χ3n) is 2.62. The third kappa shape index (κ3) is 5.89. The molecule has 0 aliphatic carbocycles. The molecule has 5 heteroatoms. The quantitative estimate of drug-likeness (QED) is 0.599. The molecule has 108 valence electrons. The van der Waals surface area contributed by atoms with Gasteiger partial charge in [0.15, 0.2) is 0 Å². The summed E-state index contributed by atoms with van der Waals surface area (Å²) in [5, 5.41) is 0.653. The van der Waals surface area contributed by atoms with Crippen molar-refractivity contribution in [2.45, 2.75) is 13.3 Å². The van der Waals surface area contributed by atoms with Gasteiger partial charge in [-0.05, 0) is 30.7 Å². The number of esters is 1. The lowest BCUT2D eigenvalue weighted by molar-refractivity contribution is -0.143. The first-order valence-electron chi connectivity index (χ1n) is 6.37. The van der Waals surface area contributed by atoms with Gasteiger partial charge in [0.05, 0.1) is 13.0 Å². The van der Waals surface area contributed by atoms with E-state index in [9.17, 15) is 9.59 Å². The third-order valence-corrected chi connectivity index (χ3v) is 2.87.